The van der Waals surface area contributed by atoms with Gasteiger partial charge in [-0.25, -0.2) is 4.79 Å². The molecule has 1 aliphatic heterocycles. The Labute approximate surface area is 110 Å². The first kappa shape index (κ1) is 13.7. The minimum absolute atomic E-state index is 0.154. The summed E-state index contributed by atoms with van der Waals surface area (Å²) in [4.78, 5) is 16.1. The van der Waals surface area contributed by atoms with Crippen molar-refractivity contribution in [2.75, 3.05) is 20.1 Å². The Bertz CT molecular complexity index is 296. The Balaban J connectivity index is 2.08. The fourth-order valence-corrected chi connectivity index (χ4v) is 3.47. The van der Waals surface area contributed by atoms with Crippen LogP contribution in [0.25, 0.3) is 0 Å². The van der Waals surface area contributed by atoms with Gasteiger partial charge in [-0.15, -0.1) is 0 Å². The summed E-state index contributed by atoms with van der Waals surface area (Å²) in [7, 11) is 1.88. The third kappa shape index (κ3) is 2.79. The van der Waals surface area contributed by atoms with Crippen LogP contribution in [-0.2, 0) is 0 Å². The number of hydrogen-bond acceptors (Lipinski definition) is 2. The molecule has 2 rings (SSSR count). The molecule has 0 bridgehead atoms. The molecule has 4 heteroatoms. The van der Waals surface area contributed by atoms with E-state index in [1.807, 2.05) is 16.8 Å². The maximum Gasteiger partial charge on any atom is 0.320 e. The van der Waals surface area contributed by atoms with Crippen molar-refractivity contribution >= 4 is 6.03 Å². The summed E-state index contributed by atoms with van der Waals surface area (Å²) in [6.45, 7) is 3.93. The minimum atomic E-state index is -0.219. The van der Waals surface area contributed by atoms with Gasteiger partial charge in [-0.3, -0.25) is 0 Å². The van der Waals surface area contributed by atoms with E-state index in [1.54, 1.807) is 0 Å². The molecule has 0 radical (unpaired) electrons. The average molecular weight is 254 g/mol. The van der Waals surface area contributed by atoms with E-state index in [9.17, 15) is 9.90 Å². The summed E-state index contributed by atoms with van der Waals surface area (Å²) >= 11 is 0. The average Bonchev–Trinajstić information content (AvgIpc) is 2.35. The molecular weight excluding hydrogens is 228 g/mol. The highest BCUT2D eigenvalue weighted by atomic mass is 16.3. The molecule has 0 aromatic heterocycles. The molecule has 3 atom stereocenters. The van der Waals surface area contributed by atoms with E-state index >= 15 is 0 Å². The lowest BCUT2D eigenvalue weighted by Crippen LogP contribution is -2.55. The first-order chi connectivity index (χ1) is 8.63. The van der Waals surface area contributed by atoms with Crippen LogP contribution in [0.5, 0.6) is 0 Å². The minimum Gasteiger partial charge on any atom is -0.393 e. The molecule has 1 N–H and O–H groups in total. The van der Waals surface area contributed by atoms with Crippen LogP contribution < -0.4 is 0 Å². The summed E-state index contributed by atoms with van der Waals surface area (Å²) in [6, 6.07) is 0.408. The van der Waals surface area contributed by atoms with Gasteiger partial charge in [-0.2, -0.15) is 0 Å². The van der Waals surface area contributed by atoms with Crippen molar-refractivity contribution in [3.63, 3.8) is 0 Å². The van der Waals surface area contributed by atoms with Crippen molar-refractivity contribution in [1.29, 1.82) is 0 Å². The maximum absolute atomic E-state index is 12.3. The van der Waals surface area contributed by atoms with Crippen LogP contribution in [0, 0.1) is 5.92 Å². The number of rotatable bonds is 3. The second-order valence-electron chi connectivity index (χ2n) is 5.83. The number of aliphatic hydroxyl groups is 1. The SMILES string of the molecule is CCCC1CCC(O)CC1N1CCCN(C)C1=O. The lowest BCUT2D eigenvalue weighted by atomic mass is 9.79. The van der Waals surface area contributed by atoms with Gasteiger partial charge in [0, 0.05) is 26.2 Å². The Morgan fingerprint density at radius 3 is 2.83 bits per heavy atom. The number of hydrogen-bond donors (Lipinski definition) is 1. The smallest absolute Gasteiger partial charge is 0.320 e. The van der Waals surface area contributed by atoms with Gasteiger partial charge in [-0.05, 0) is 38.0 Å². The molecule has 0 spiro atoms. The zero-order valence-corrected chi connectivity index (χ0v) is 11.6. The zero-order valence-electron chi connectivity index (χ0n) is 11.6. The van der Waals surface area contributed by atoms with Crippen molar-refractivity contribution < 1.29 is 9.90 Å². The summed E-state index contributed by atoms with van der Waals surface area (Å²) in [5.41, 5.74) is 0. The standard InChI is InChI=1S/C14H26N2O2/c1-3-5-11-6-7-12(17)10-13(11)16-9-4-8-15(2)14(16)18/h11-13,17H,3-10H2,1-2H3. The number of nitrogens with zero attached hydrogens (tertiary/aromatic N) is 2. The fourth-order valence-electron chi connectivity index (χ4n) is 3.47. The normalized spacial score (nSPS) is 33.9. The van der Waals surface area contributed by atoms with Crippen molar-refractivity contribution in [1.82, 2.24) is 9.80 Å². The molecule has 1 saturated carbocycles. The second-order valence-corrected chi connectivity index (χ2v) is 5.83. The Kier molecular flexibility index (Phi) is 4.49. The summed E-state index contributed by atoms with van der Waals surface area (Å²) < 4.78 is 0. The molecule has 1 aliphatic carbocycles. The summed E-state index contributed by atoms with van der Waals surface area (Å²) in [5.74, 6) is 0.578. The molecule has 0 aromatic carbocycles. The Morgan fingerprint density at radius 1 is 1.33 bits per heavy atom. The van der Waals surface area contributed by atoms with Gasteiger partial charge in [-0.1, -0.05) is 13.3 Å². The molecule has 2 fully saturated rings. The second kappa shape index (κ2) is 5.91. The third-order valence-electron chi connectivity index (χ3n) is 4.45. The molecule has 104 valence electrons. The van der Waals surface area contributed by atoms with Crippen molar-refractivity contribution in [2.45, 2.75) is 57.6 Å². The van der Waals surface area contributed by atoms with Gasteiger partial charge in [0.15, 0.2) is 0 Å². The Morgan fingerprint density at radius 2 is 2.11 bits per heavy atom. The van der Waals surface area contributed by atoms with Crippen molar-refractivity contribution in [3.05, 3.63) is 0 Å². The van der Waals surface area contributed by atoms with E-state index < -0.39 is 0 Å². The van der Waals surface area contributed by atoms with Gasteiger partial charge < -0.3 is 14.9 Å². The highest BCUT2D eigenvalue weighted by Gasteiger charge is 2.37. The van der Waals surface area contributed by atoms with Crippen LogP contribution in [-0.4, -0.2) is 53.2 Å². The van der Waals surface area contributed by atoms with Crippen LogP contribution >= 0.6 is 0 Å². The topological polar surface area (TPSA) is 43.8 Å². The van der Waals surface area contributed by atoms with Gasteiger partial charge >= 0.3 is 6.03 Å². The predicted molar refractivity (Wildman–Crippen MR) is 71.4 cm³/mol. The van der Waals surface area contributed by atoms with Crippen LogP contribution in [0.3, 0.4) is 0 Å². The number of urea groups is 1. The van der Waals surface area contributed by atoms with E-state index in [4.69, 9.17) is 0 Å². The van der Waals surface area contributed by atoms with E-state index in [2.05, 4.69) is 6.92 Å². The van der Waals surface area contributed by atoms with E-state index in [-0.39, 0.29) is 18.2 Å². The first-order valence-electron chi connectivity index (χ1n) is 7.33. The molecule has 2 amide bonds. The number of aliphatic hydroxyl groups excluding tert-OH is 1. The molecule has 2 aliphatic rings. The van der Waals surface area contributed by atoms with Crippen LogP contribution in [0.4, 0.5) is 4.79 Å². The van der Waals surface area contributed by atoms with Gasteiger partial charge in [0.25, 0.3) is 0 Å². The van der Waals surface area contributed by atoms with Crippen molar-refractivity contribution in [2.24, 2.45) is 5.92 Å². The van der Waals surface area contributed by atoms with Gasteiger partial charge in [0.05, 0.1) is 6.10 Å². The maximum atomic E-state index is 12.3. The van der Waals surface area contributed by atoms with E-state index in [0.717, 1.165) is 45.2 Å². The predicted octanol–water partition coefficient (Wildman–Crippen LogP) is 2.07. The van der Waals surface area contributed by atoms with Gasteiger partial charge in [0.1, 0.15) is 0 Å². The molecule has 0 aromatic rings. The number of carbonyl (C=O) groups excluding carboxylic acids is 1. The number of amides is 2. The largest absolute Gasteiger partial charge is 0.393 e. The quantitative estimate of drug-likeness (QED) is 0.838. The zero-order chi connectivity index (χ0) is 13.1. The fraction of sp³-hybridized carbons (Fsp3) is 0.929. The number of carbonyl (C=O) groups is 1. The monoisotopic (exact) mass is 254 g/mol. The first-order valence-corrected chi connectivity index (χ1v) is 7.33. The van der Waals surface area contributed by atoms with Crippen molar-refractivity contribution in [3.8, 4) is 0 Å². The third-order valence-corrected chi connectivity index (χ3v) is 4.45. The van der Waals surface area contributed by atoms with Gasteiger partial charge in [0.2, 0.25) is 0 Å². The lowest BCUT2D eigenvalue weighted by Gasteiger charge is -2.45. The van der Waals surface area contributed by atoms with Crippen LogP contribution in [0.1, 0.15) is 45.4 Å². The molecule has 1 heterocycles. The van der Waals surface area contributed by atoms with Crippen LogP contribution in [0.2, 0.25) is 0 Å². The molecule has 1 saturated heterocycles. The Hall–Kier alpha value is -0.770. The lowest BCUT2D eigenvalue weighted by molar-refractivity contribution is 0.0238. The van der Waals surface area contributed by atoms with E-state index in [0.29, 0.717) is 5.92 Å². The molecular formula is C14H26N2O2. The highest BCUT2D eigenvalue weighted by molar-refractivity contribution is 5.75. The summed E-state index contributed by atoms with van der Waals surface area (Å²) in [5, 5.41) is 9.90. The summed E-state index contributed by atoms with van der Waals surface area (Å²) in [6.07, 6.45) is 5.90. The molecule has 18 heavy (non-hydrogen) atoms. The molecule has 4 nitrogen and oxygen atoms in total. The van der Waals surface area contributed by atoms with E-state index in [1.165, 1.54) is 6.42 Å². The molecule has 3 unspecified atom stereocenters. The van der Waals surface area contributed by atoms with Crippen LogP contribution in [0.15, 0.2) is 0 Å². The highest BCUT2D eigenvalue weighted by Crippen LogP contribution is 2.33.